The monoisotopic (exact) mass is 788 g/mol. The summed E-state index contributed by atoms with van der Waals surface area (Å²) in [5, 5.41) is 21.5. The number of likely N-dealkylation sites (tertiary alicyclic amines) is 2. The Balaban J connectivity index is 1.32. The number of nitriles is 1. The van der Waals surface area contributed by atoms with E-state index < -0.39 is 64.6 Å². The molecule has 55 heavy (non-hydrogen) atoms. The van der Waals surface area contributed by atoms with Crippen molar-refractivity contribution in [1.82, 2.24) is 14.8 Å². The molecule has 10 nitrogen and oxygen atoms in total. The van der Waals surface area contributed by atoms with Crippen LogP contribution < -0.4 is 9.47 Å². The van der Waals surface area contributed by atoms with Gasteiger partial charge in [-0.2, -0.15) is 18.4 Å². The van der Waals surface area contributed by atoms with Gasteiger partial charge in [-0.1, -0.05) is 31.5 Å². The molecule has 2 saturated heterocycles. The minimum Gasteiger partial charge on any atom is -0.490 e. The third-order valence-corrected chi connectivity index (χ3v) is 11.9. The van der Waals surface area contributed by atoms with Crippen LogP contribution in [0.2, 0.25) is 0 Å². The Kier molecular flexibility index (Phi) is 11.7. The number of thiophene rings is 1. The molecule has 2 aromatic heterocycles. The van der Waals surface area contributed by atoms with Gasteiger partial charge in [0.15, 0.2) is 0 Å². The van der Waals surface area contributed by atoms with Gasteiger partial charge in [0.2, 0.25) is 5.60 Å². The molecule has 1 aromatic carbocycles. The van der Waals surface area contributed by atoms with E-state index in [0.717, 1.165) is 35.7 Å². The van der Waals surface area contributed by atoms with Crippen molar-refractivity contribution in [3.05, 3.63) is 75.7 Å². The number of hydrogen-bond acceptors (Lipinski definition) is 8. The molecule has 3 fully saturated rings. The van der Waals surface area contributed by atoms with Crippen LogP contribution in [-0.2, 0) is 21.2 Å². The van der Waals surface area contributed by atoms with Gasteiger partial charge >= 0.3 is 12.1 Å². The number of nitrogens with zero attached hydrogens (tertiary/aromatic N) is 4. The Morgan fingerprint density at radius 2 is 1.84 bits per heavy atom. The molecule has 1 aliphatic carbocycles. The molecule has 0 bridgehead atoms. The summed E-state index contributed by atoms with van der Waals surface area (Å²) >= 11 is 0.737. The van der Waals surface area contributed by atoms with Crippen LogP contribution in [0.4, 0.5) is 22.0 Å². The number of carboxylic acid groups (broad SMARTS) is 1. The first-order valence-corrected chi connectivity index (χ1v) is 19.2. The summed E-state index contributed by atoms with van der Waals surface area (Å²) in [6.45, 7) is 1.92. The molecule has 3 aliphatic rings. The Labute approximate surface area is 318 Å². The molecule has 4 heterocycles. The Bertz CT molecular complexity index is 1930. The standard InChI is InChI=1S/C39H41F5N4O6S/c1-2-7-31-38(54-26-21-30(33(40)41)55-22-26,13-6-17-48(31)34(49)32-28(39(42,43)44)9-5-16-46-32)36(52)47-18-14-37(23-45,15-19-47)27-8-3-4-10-29(27)53-25-12-11-24(20-25)35(50)51/h3-5,8-10,16,21-22,24-25,31,33H,2,6-7,11-15,17-20H2,1H3,(H,50,51)/t24-,25-,31-,38+/m1/s1. The molecular formula is C39H41F5N4O6S. The number of hydrogen-bond donors (Lipinski definition) is 1. The Morgan fingerprint density at radius 1 is 1.09 bits per heavy atom. The van der Waals surface area contributed by atoms with E-state index in [-0.39, 0.29) is 68.5 Å². The summed E-state index contributed by atoms with van der Waals surface area (Å²) in [5.74, 6) is -2.55. The normalized spacial score (nSPS) is 24.0. The number of aromatic nitrogens is 1. The second-order valence-electron chi connectivity index (χ2n) is 14.4. The Hall–Kier alpha value is -4.78. The second-order valence-corrected chi connectivity index (χ2v) is 15.3. The molecule has 294 valence electrons. The molecule has 16 heteroatoms. The highest BCUT2D eigenvalue weighted by atomic mass is 32.1. The maximum atomic E-state index is 15.0. The fourth-order valence-electron chi connectivity index (χ4n) is 8.27. The van der Waals surface area contributed by atoms with Crippen molar-refractivity contribution in [1.29, 1.82) is 5.26 Å². The molecule has 1 saturated carbocycles. The maximum absolute atomic E-state index is 15.0. The van der Waals surface area contributed by atoms with Gasteiger partial charge < -0.3 is 24.4 Å². The van der Waals surface area contributed by atoms with E-state index >= 15 is 4.79 Å². The van der Waals surface area contributed by atoms with E-state index in [1.807, 2.05) is 0 Å². The summed E-state index contributed by atoms with van der Waals surface area (Å²) < 4.78 is 82.4. The molecule has 3 aromatic rings. The van der Waals surface area contributed by atoms with Crippen molar-refractivity contribution in [3.8, 4) is 17.6 Å². The largest absolute Gasteiger partial charge is 0.490 e. The van der Waals surface area contributed by atoms with E-state index in [2.05, 4.69) is 11.1 Å². The zero-order valence-electron chi connectivity index (χ0n) is 30.1. The zero-order chi connectivity index (χ0) is 39.5. The topological polar surface area (TPSA) is 133 Å². The second kappa shape index (κ2) is 16.1. The molecule has 2 aliphatic heterocycles. The smallest absolute Gasteiger partial charge is 0.418 e. The van der Waals surface area contributed by atoms with Crippen molar-refractivity contribution >= 4 is 29.1 Å². The summed E-state index contributed by atoms with van der Waals surface area (Å²) in [4.78, 5) is 46.9. The minimum absolute atomic E-state index is 0.00418. The van der Waals surface area contributed by atoms with Crippen LogP contribution in [0, 0.1) is 17.2 Å². The van der Waals surface area contributed by atoms with Gasteiger partial charge in [0.25, 0.3) is 18.2 Å². The first kappa shape index (κ1) is 39.9. The number of alkyl halides is 5. The van der Waals surface area contributed by atoms with E-state index in [0.29, 0.717) is 37.0 Å². The number of para-hydroxylation sites is 1. The quantitative estimate of drug-likeness (QED) is 0.193. The zero-order valence-corrected chi connectivity index (χ0v) is 30.9. The molecule has 0 radical (unpaired) electrons. The molecule has 1 N–H and O–H groups in total. The number of carbonyl (C=O) groups excluding carboxylic acids is 2. The average Bonchev–Trinajstić information content (AvgIpc) is 3.85. The van der Waals surface area contributed by atoms with Gasteiger partial charge in [0.1, 0.15) is 17.2 Å². The predicted octanol–water partition coefficient (Wildman–Crippen LogP) is 8.04. The van der Waals surface area contributed by atoms with Crippen LogP contribution in [0.25, 0.3) is 0 Å². The molecule has 4 atom stereocenters. The molecule has 6 rings (SSSR count). The number of amides is 2. The lowest BCUT2D eigenvalue weighted by atomic mass is 9.72. The number of rotatable bonds is 11. The lowest BCUT2D eigenvalue weighted by Gasteiger charge is -2.51. The third kappa shape index (κ3) is 7.99. The number of pyridine rings is 1. The average molecular weight is 789 g/mol. The van der Waals surface area contributed by atoms with Crippen LogP contribution in [0.5, 0.6) is 11.5 Å². The SMILES string of the molecule is CCC[C@H]1N(C(=O)c2ncccc2C(F)(F)F)CCC[C@@]1(Oc1csc(C(F)F)c1)C(=O)N1CCC(C#N)(c2ccccc2O[C@@H]2CC[C@@H](C(=O)O)C2)CC1. The van der Waals surface area contributed by atoms with E-state index in [9.17, 15) is 41.9 Å². The predicted molar refractivity (Wildman–Crippen MR) is 190 cm³/mol. The number of carbonyl (C=O) groups is 3. The summed E-state index contributed by atoms with van der Waals surface area (Å²) in [6.07, 6.45) is -4.49. The van der Waals surface area contributed by atoms with Gasteiger partial charge in [-0.3, -0.25) is 19.4 Å². The number of piperidine rings is 2. The first-order valence-electron chi connectivity index (χ1n) is 18.3. The van der Waals surface area contributed by atoms with Crippen molar-refractivity contribution in [2.24, 2.45) is 5.92 Å². The fraction of sp³-hybridized carbons (Fsp3) is 0.513. The molecule has 0 spiro atoms. The van der Waals surface area contributed by atoms with Gasteiger partial charge in [-0.05, 0) is 69.2 Å². The van der Waals surface area contributed by atoms with Crippen molar-refractivity contribution in [2.75, 3.05) is 19.6 Å². The highest BCUT2D eigenvalue weighted by Gasteiger charge is 2.57. The van der Waals surface area contributed by atoms with Crippen LogP contribution in [0.15, 0.2) is 54.0 Å². The highest BCUT2D eigenvalue weighted by Crippen LogP contribution is 2.45. The number of benzene rings is 1. The summed E-state index contributed by atoms with van der Waals surface area (Å²) in [6, 6.07) is 11.4. The molecule has 2 amide bonds. The lowest BCUT2D eigenvalue weighted by molar-refractivity contribution is -0.160. The van der Waals surface area contributed by atoms with Gasteiger partial charge in [-0.15, -0.1) is 11.3 Å². The Morgan fingerprint density at radius 3 is 2.47 bits per heavy atom. The highest BCUT2D eigenvalue weighted by molar-refractivity contribution is 7.10. The number of aliphatic carboxylic acids is 1. The van der Waals surface area contributed by atoms with E-state index in [1.54, 1.807) is 31.2 Å². The van der Waals surface area contributed by atoms with Crippen molar-refractivity contribution in [3.63, 3.8) is 0 Å². The van der Waals surface area contributed by atoms with Gasteiger partial charge in [-0.25, -0.2) is 8.78 Å². The van der Waals surface area contributed by atoms with Crippen LogP contribution >= 0.6 is 11.3 Å². The van der Waals surface area contributed by atoms with Gasteiger partial charge in [0.05, 0.1) is 40.0 Å². The van der Waals surface area contributed by atoms with Crippen LogP contribution in [0.3, 0.4) is 0 Å². The van der Waals surface area contributed by atoms with Crippen LogP contribution in [0.1, 0.15) is 97.6 Å². The first-order chi connectivity index (χ1) is 26.2. The minimum atomic E-state index is -4.89. The van der Waals surface area contributed by atoms with E-state index in [4.69, 9.17) is 9.47 Å². The number of carboxylic acids is 1. The third-order valence-electron chi connectivity index (χ3n) is 11.0. The number of ether oxygens (including phenoxy) is 2. The maximum Gasteiger partial charge on any atom is 0.418 e. The summed E-state index contributed by atoms with van der Waals surface area (Å²) in [5.41, 5.74) is -4.38. The lowest BCUT2D eigenvalue weighted by Crippen LogP contribution is -2.68. The van der Waals surface area contributed by atoms with Crippen LogP contribution in [-0.4, -0.2) is 75.1 Å². The molecule has 0 unspecified atom stereocenters. The summed E-state index contributed by atoms with van der Waals surface area (Å²) in [7, 11) is 0. The molecular weight excluding hydrogens is 748 g/mol. The van der Waals surface area contributed by atoms with Crippen molar-refractivity contribution < 1.29 is 50.9 Å². The van der Waals surface area contributed by atoms with Crippen molar-refractivity contribution in [2.45, 2.75) is 100 Å². The number of halogens is 5. The van der Waals surface area contributed by atoms with Gasteiger partial charge in [0, 0.05) is 43.2 Å². The fourth-order valence-corrected chi connectivity index (χ4v) is 8.93. The van der Waals surface area contributed by atoms with E-state index in [1.165, 1.54) is 15.2 Å².